The molecule has 0 radical (unpaired) electrons. The minimum absolute atomic E-state index is 0.189. The molecule has 0 heterocycles. The molecule has 1 atom stereocenters. The molecular formula is C17H27N3O2. The number of aryl methyl sites for hydroxylation is 1. The van der Waals surface area contributed by atoms with Gasteiger partial charge in [-0.05, 0) is 51.5 Å². The van der Waals surface area contributed by atoms with Crippen LogP contribution >= 0.6 is 0 Å². The molecule has 1 unspecified atom stereocenters. The quantitative estimate of drug-likeness (QED) is 0.593. The molecule has 0 aromatic heterocycles. The van der Waals surface area contributed by atoms with Crippen molar-refractivity contribution in [3.63, 3.8) is 0 Å². The number of hydrogen-bond acceptors (Lipinski definition) is 3. The summed E-state index contributed by atoms with van der Waals surface area (Å²) in [6.45, 7) is 5.35. The fraction of sp³-hybridized carbons (Fsp3) is 0.529. The van der Waals surface area contributed by atoms with Gasteiger partial charge in [-0.25, -0.2) is 0 Å². The third-order valence-electron chi connectivity index (χ3n) is 3.51. The highest BCUT2D eigenvalue weighted by Gasteiger charge is 2.16. The Balaban J connectivity index is 2.40. The third kappa shape index (κ3) is 6.26. The highest BCUT2D eigenvalue weighted by atomic mass is 16.2. The van der Waals surface area contributed by atoms with E-state index in [9.17, 15) is 9.59 Å². The molecule has 2 amide bonds. The van der Waals surface area contributed by atoms with Gasteiger partial charge in [-0.15, -0.1) is 0 Å². The van der Waals surface area contributed by atoms with Gasteiger partial charge in [-0.3, -0.25) is 9.59 Å². The number of benzene rings is 1. The SMILES string of the molecule is CCc1ccc(C(C)NC(=O)C(=O)NCCCN(C)C)cc1. The summed E-state index contributed by atoms with van der Waals surface area (Å²) < 4.78 is 0. The molecule has 2 N–H and O–H groups in total. The molecule has 5 heteroatoms. The maximum atomic E-state index is 11.8. The molecule has 0 aliphatic rings. The molecule has 0 saturated carbocycles. The van der Waals surface area contributed by atoms with E-state index < -0.39 is 11.8 Å². The predicted octanol–water partition coefficient (Wildman–Crippen LogP) is 1.49. The molecule has 0 aliphatic carbocycles. The Hall–Kier alpha value is -1.88. The number of nitrogens with zero attached hydrogens (tertiary/aromatic N) is 1. The van der Waals surface area contributed by atoms with Crippen molar-refractivity contribution < 1.29 is 9.59 Å². The van der Waals surface area contributed by atoms with Gasteiger partial charge in [-0.2, -0.15) is 0 Å². The van der Waals surface area contributed by atoms with Crippen molar-refractivity contribution in [2.75, 3.05) is 27.2 Å². The number of carbonyl (C=O) groups is 2. The summed E-state index contributed by atoms with van der Waals surface area (Å²) in [6.07, 6.45) is 1.80. The number of nitrogens with one attached hydrogen (secondary N) is 2. The molecule has 122 valence electrons. The summed E-state index contributed by atoms with van der Waals surface area (Å²) in [5.41, 5.74) is 2.24. The first-order valence-corrected chi connectivity index (χ1v) is 7.76. The summed E-state index contributed by atoms with van der Waals surface area (Å²) >= 11 is 0. The Bertz CT molecular complexity index is 483. The summed E-state index contributed by atoms with van der Waals surface area (Å²) in [5, 5.41) is 5.36. The van der Waals surface area contributed by atoms with Gasteiger partial charge in [0.25, 0.3) is 0 Å². The molecule has 0 fully saturated rings. The summed E-state index contributed by atoms with van der Waals surface area (Å²) in [7, 11) is 3.94. The Kier molecular flexibility index (Phi) is 7.60. The van der Waals surface area contributed by atoms with Crippen LogP contribution in [0.3, 0.4) is 0 Å². The monoisotopic (exact) mass is 305 g/mol. The molecule has 0 saturated heterocycles. The second-order valence-electron chi connectivity index (χ2n) is 5.70. The van der Waals surface area contributed by atoms with Crippen LogP contribution in [0.25, 0.3) is 0 Å². The van der Waals surface area contributed by atoms with Crippen molar-refractivity contribution in [3.05, 3.63) is 35.4 Å². The largest absolute Gasteiger partial charge is 0.348 e. The predicted molar refractivity (Wildman–Crippen MR) is 88.6 cm³/mol. The summed E-state index contributed by atoms with van der Waals surface area (Å²) in [6, 6.07) is 7.86. The minimum atomic E-state index is -0.586. The first-order chi connectivity index (χ1) is 10.4. The second-order valence-corrected chi connectivity index (χ2v) is 5.70. The van der Waals surface area contributed by atoms with Gasteiger partial charge in [0.2, 0.25) is 0 Å². The van der Waals surface area contributed by atoms with Crippen molar-refractivity contribution >= 4 is 11.8 Å². The zero-order valence-corrected chi connectivity index (χ0v) is 14.0. The molecule has 0 bridgehead atoms. The van der Waals surface area contributed by atoms with Crippen molar-refractivity contribution in [1.82, 2.24) is 15.5 Å². The maximum absolute atomic E-state index is 11.8. The normalized spacial score (nSPS) is 12.0. The average molecular weight is 305 g/mol. The van der Waals surface area contributed by atoms with Gasteiger partial charge in [0.1, 0.15) is 0 Å². The maximum Gasteiger partial charge on any atom is 0.309 e. The van der Waals surface area contributed by atoms with Crippen LogP contribution in [0.1, 0.15) is 37.4 Å². The van der Waals surface area contributed by atoms with Gasteiger partial charge in [0, 0.05) is 6.54 Å². The molecule has 22 heavy (non-hydrogen) atoms. The average Bonchev–Trinajstić information content (AvgIpc) is 2.51. The first-order valence-electron chi connectivity index (χ1n) is 7.76. The standard InChI is InChI=1S/C17H27N3O2/c1-5-14-7-9-15(10-8-14)13(2)19-17(22)16(21)18-11-6-12-20(3)4/h7-10,13H,5-6,11-12H2,1-4H3,(H,18,21)(H,19,22). The van der Waals surface area contributed by atoms with Crippen LogP contribution < -0.4 is 10.6 Å². The van der Waals surface area contributed by atoms with Crippen molar-refractivity contribution in [1.29, 1.82) is 0 Å². The Labute approximate surface area is 133 Å². The van der Waals surface area contributed by atoms with E-state index in [2.05, 4.69) is 17.6 Å². The van der Waals surface area contributed by atoms with E-state index in [0.717, 1.165) is 24.9 Å². The number of hydrogen-bond donors (Lipinski definition) is 2. The smallest absolute Gasteiger partial charge is 0.309 e. The topological polar surface area (TPSA) is 61.4 Å². The van der Waals surface area contributed by atoms with Gasteiger partial charge in [-0.1, -0.05) is 31.2 Å². The van der Waals surface area contributed by atoms with Crippen LogP contribution in [0.15, 0.2) is 24.3 Å². The van der Waals surface area contributed by atoms with Crippen LogP contribution in [0, 0.1) is 0 Å². The van der Waals surface area contributed by atoms with Crippen molar-refractivity contribution in [3.8, 4) is 0 Å². The van der Waals surface area contributed by atoms with E-state index in [4.69, 9.17) is 0 Å². The van der Waals surface area contributed by atoms with Crippen molar-refractivity contribution in [2.45, 2.75) is 32.7 Å². The third-order valence-corrected chi connectivity index (χ3v) is 3.51. The fourth-order valence-corrected chi connectivity index (χ4v) is 2.07. The van der Waals surface area contributed by atoms with Gasteiger partial charge < -0.3 is 15.5 Å². The zero-order valence-electron chi connectivity index (χ0n) is 14.0. The van der Waals surface area contributed by atoms with Crippen LogP contribution in [0.5, 0.6) is 0 Å². The molecular weight excluding hydrogens is 278 g/mol. The van der Waals surface area contributed by atoms with Crippen LogP contribution in [0.2, 0.25) is 0 Å². The lowest BCUT2D eigenvalue weighted by Crippen LogP contribution is -2.41. The highest BCUT2D eigenvalue weighted by molar-refractivity contribution is 6.35. The van der Waals surface area contributed by atoms with Crippen molar-refractivity contribution in [2.24, 2.45) is 0 Å². The molecule has 5 nitrogen and oxygen atoms in total. The lowest BCUT2D eigenvalue weighted by molar-refractivity contribution is -0.139. The summed E-state index contributed by atoms with van der Waals surface area (Å²) in [5.74, 6) is -1.16. The van der Waals surface area contributed by atoms with E-state index in [1.165, 1.54) is 5.56 Å². The van der Waals surface area contributed by atoms with E-state index in [0.29, 0.717) is 6.54 Å². The Morgan fingerprint density at radius 3 is 2.32 bits per heavy atom. The van der Waals surface area contributed by atoms with Gasteiger partial charge >= 0.3 is 11.8 Å². The minimum Gasteiger partial charge on any atom is -0.348 e. The van der Waals surface area contributed by atoms with E-state index in [1.54, 1.807) is 0 Å². The lowest BCUT2D eigenvalue weighted by atomic mass is 10.1. The van der Waals surface area contributed by atoms with E-state index >= 15 is 0 Å². The number of carbonyl (C=O) groups excluding carboxylic acids is 2. The highest BCUT2D eigenvalue weighted by Crippen LogP contribution is 2.13. The summed E-state index contributed by atoms with van der Waals surface area (Å²) in [4.78, 5) is 25.6. The second kappa shape index (κ2) is 9.20. The van der Waals surface area contributed by atoms with Crippen LogP contribution in [-0.2, 0) is 16.0 Å². The van der Waals surface area contributed by atoms with Crippen LogP contribution in [0.4, 0.5) is 0 Å². The molecule has 0 spiro atoms. The Morgan fingerprint density at radius 1 is 1.14 bits per heavy atom. The van der Waals surface area contributed by atoms with Gasteiger partial charge in [0.05, 0.1) is 6.04 Å². The molecule has 1 rings (SSSR count). The van der Waals surface area contributed by atoms with E-state index in [1.807, 2.05) is 50.2 Å². The molecule has 0 aliphatic heterocycles. The van der Waals surface area contributed by atoms with Gasteiger partial charge in [0.15, 0.2) is 0 Å². The molecule has 1 aromatic rings. The first kappa shape index (κ1) is 18.2. The zero-order chi connectivity index (χ0) is 16.5. The Morgan fingerprint density at radius 2 is 1.77 bits per heavy atom. The number of rotatable bonds is 7. The lowest BCUT2D eigenvalue weighted by Gasteiger charge is -2.15. The number of amides is 2. The van der Waals surface area contributed by atoms with E-state index in [-0.39, 0.29) is 6.04 Å². The fourth-order valence-electron chi connectivity index (χ4n) is 2.07. The molecule has 1 aromatic carbocycles. The van der Waals surface area contributed by atoms with Crippen LogP contribution in [-0.4, -0.2) is 43.9 Å².